The Hall–Kier alpha value is -1.50. The number of amides is 1. The van der Waals surface area contributed by atoms with Crippen LogP contribution in [0.15, 0.2) is 12.3 Å². The number of hydrogen-bond donors (Lipinski definition) is 1. The molecule has 1 N–H and O–H groups in total. The topological polar surface area (TPSA) is 45.2 Å². The lowest BCUT2D eigenvalue weighted by Gasteiger charge is -2.33. The van der Waals surface area contributed by atoms with E-state index in [1.54, 1.807) is 0 Å². The SMILES string of the molecule is CC(C)C(C)NC(=O)C1CCN(c2ncc(C(F)(F)F)cc2Cl)CC1. The number of pyridine rings is 1. The van der Waals surface area contributed by atoms with E-state index < -0.39 is 11.7 Å². The molecule has 0 aromatic carbocycles. The summed E-state index contributed by atoms with van der Waals surface area (Å²) in [4.78, 5) is 18.0. The Bertz CT molecular complexity index is 614. The first-order valence-corrected chi connectivity index (χ1v) is 8.75. The lowest BCUT2D eigenvalue weighted by Crippen LogP contribution is -2.44. The highest BCUT2D eigenvalue weighted by atomic mass is 35.5. The molecule has 25 heavy (non-hydrogen) atoms. The Morgan fingerprint density at radius 2 is 1.92 bits per heavy atom. The van der Waals surface area contributed by atoms with Crippen LogP contribution in [0.4, 0.5) is 19.0 Å². The molecule has 1 amide bonds. The van der Waals surface area contributed by atoms with Gasteiger partial charge in [0.05, 0.1) is 10.6 Å². The van der Waals surface area contributed by atoms with Gasteiger partial charge in [-0.2, -0.15) is 13.2 Å². The van der Waals surface area contributed by atoms with E-state index >= 15 is 0 Å². The van der Waals surface area contributed by atoms with E-state index in [0.29, 0.717) is 37.7 Å². The van der Waals surface area contributed by atoms with Crippen molar-refractivity contribution in [3.05, 3.63) is 22.8 Å². The van der Waals surface area contributed by atoms with Crippen molar-refractivity contribution in [2.75, 3.05) is 18.0 Å². The fraction of sp³-hybridized carbons (Fsp3) is 0.647. The number of halogens is 4. The normalized spacial score (nSPS) is 17.7. The average molecular weight is 378 g/mol. The number of hydrogen-bond acceptors (Lipinski definition) is 3. The van der Waals surface area contributed by atoms with Gasteiger partial charge in [-0.15, -0.1) is 0 Å². The summed E-state index contributed by atoms with van der Waals surface area (Å²) in [6.07, 6.45) is -2.43. The molecule has 0 aliphatic carbocycles. The Balaban J connectivity index is 1.97. The van der Waals surface area contributed by atoms with Crippen LogP contribution < -0.4 is 10.2 Å². The smallest absolute Gasteiger partial charge is 0.355 e. The second kappa shape index (κ2) is 7.81. The van der Waals surface area contributed by atoms with Crippen molar-refractivity contribution in [1.29, 1.82) is 0 Å². The van der Waals surface area contributed by atoms with Crippen molar-refractivity contribution < 1.29 is 18.0 Å². The van der Waals surface area contributed by atoms with Crippen LogP contribution >= 0.6 is 11.6 Å². The molecule has 0 bridgehead atoms. The van der Waals surface area contributed by atoms with Crippen LogP contribution in [-0.2, 0) is 11.0 Å². The van der Waals surface area contributed by atoms with Gasteiger partial charge in [-0.05, 0) is 31.7 Å². The van der Waals surface area contributed by atoms with Crippen molar-refractivity contribution in [2.45, 2.75) is 45.8 Å². The molecule has 8 heteroatoms. The third-order valence-corrected chi connectivity index (χ3v) is 4.96. The van der Waals surface area contributed by atoms with Gasteiger partial charge in [0.15, 0.2) is 0 Å². The van der Waals surface area contributed by atoms with E-state index in [1.165, 1.54) is 0 Å². The molecule has 1 unspecified atom stereocenters. The molecule has 1 fully saturated rings. The lowest BCUT2D eigenvalue weighted by atomic mass is 9.95. The summed E-state index contributed by atoms with van der Waals surface area (Å²) in [5, 5.41) is 2.99. The largest absolute Gasteiger partial charge is 0.417 e. The van der Waals surface area contributed by atoms with Gasteiger partial charge < -0.3 is 10.2 Å². The minimum atomic E-state index is -4.46. The highest BCUT2D eigenvalue weighted by Gasteiger charge is 2.33. The van der Waals surface area contributed by atoms with Crippen LogP contribution in [-0.4, -0.2) is 30.0 Å². The van der Waals surface area contributed by atoms with Crippen molar-refractivity contribution >= 4 is 23.3 Å². The maximum atomic E-state index is 12.7. The number of nitrogens with zero attached hydrogens (tertiary/aromatic N) is 2. The van der Waals surface area contributed by atoms with Gasteiger partial charge in [-0.25, -0.2) is 4.98 Å². The molecule has 2 heterocycles. The Labute approximate surface area is 150 Å². The number of alkyl halides is 3. The van der Waals surface area contributed by atoms with Crippen LogP contribution in [0.3, 0.4) is 0 Å². The van der Waals surface area contributed by atoms with Crippen molar-refractivity contribution in [3.63, 3.8) is 0 Å². The van der Waals surface area contributed by atoms with Gasteiger partial charge in [0.25, 0.3) is 0 Å². The zero-order valence-electron chi connectivity index (χ0n) is 14.5. The summed E-state index contributed by atoms with van der Waals surface area (Å²) in [7, 11) is 0. The summed E-state index contributed by atoms with van der Waals surface area (Å²) < 4.78 is 38.1. The predicted octanol–water partition coefficient (Wildman–Crippen LogP) is 4.13. The van der Waals surface area contributed by atoms with E-state index in [0.717, 1.165) is 12.3 Å². The number of aromatic nitrogens is 1. The molecule has 1 atom stereocenters. The number of anilines is 1. The van der Waals surface area contributed by atoms with E-state index in [9.17, 15) is 18.0 Å². The minimum absolute atomic E-state index is 0.0221. The molecule has 4 nitrogen and oxygen atoms in total. The quantitative estimate of drug-likeness (QED) is 0.858. The van der Waals surface area contributed by atoms with Crippen LogP contribution in [0.1, 0.15) is 39.2 Å². The molecular formula is C17H23ClF3N3O. The van der Waals surface area contributed by atoms with Gasteiger partial charge in [-0.1, -0.05) is 25.4 Å². The van der Waals surface area contributed by atoms with Gasteiger partial charge in [0.1, 0.15) is 5.82 Å². The van der Waals surface area contributed by atoms with E-state index in [1.807, 2.05) is 25.7 Å². The van der Waals surface area contributed by atoms with Crippen LogP contribution in [0.5, 0.6) is 0 Å². The summed E-state index contributed by atoms with van der Waals surface area (Å²) in [6, 6.07) is 1.00. The monoisotopic (exact) mass is 377 g/mol. The first kappa shape index (κ1) is 19.8. The number of nitrogens with one attached hydrogen (secondary N) is 1. The van der Waals surface area contributed by atoms with Gasteiger partial charge >= 0.3 is 6.18 Å². The van der Waals surface area contributed by atoms with E-state index in [4.69, 9.17) is 11.6 Å². The third kappa shape index (κ3) is 5.00. The maximum absolute atomic E-state index is 12.7. The lowest BCUT2D eigenvalue weighted by molar-refractivity contribution is -0.137. The standard InChI is InChI=1S/C17H23ClF3N3O/c1-10(2)11(3)23-16(25)12-4-6-24(7-5-12)15-14(18)8-13(9-22-15)17(19,20)21/h8-12H,4-7H2,1-3H3,(H,23,25). The van der Waals surface area contributed by atoms with Gasteiger partial charge in [0, 0.05) is 31.2 Å². The molecule has 0 spiro atoms. The molecule has 1 saturated heterocycles. The first-order valence-electron chi connectivity index (χ1n) is 8.37. The number of carbonyl (C=O) groups is 1. The molecule has 1 aromatic rings. The third-order valence-electron chi connectivity index (χ3n) is 4.68. The Morgan fingerprint density at radius 3 is 2.40 bits per heavy atom. The number of rotatable bonds is 4. The molecule has 2 rings (SSSR count). The van der Waals surface area contributed by atoms with E-state index in [2.05, 4.69) is 10.3 Å². The predicted molar refractivity (Wildman–Crippen MR) is 91.6 cm³/mol. The first-order chi connectivity index (χ1) is 11.6. The Kier molecular flexibility index (Phi) is 6.19. The molecule has 140 valence electrons. The zero-order valence-corrected chi connectivity index (χ0v) is 15.3. The highest BCUT2D eigenvalue weighted by molar-refractivity contribution is 6.33. The molecule has 1 aliphatic heterocycles. The fourth-order valence-corrected chi connectivity index (χ4v) is 2.97. The van der Waals surface area contributed by atoms with Crippen LogP contribution in [0.2, 0.25) is 5.02 Å². The van der Waals surface area contributed by atoms with Gasteiger partial charge in [-0.3, -0.25) is 4.79 Å². The molecule has 0 saturated carbocycles. The highest BCUT2D eigenvalue weighted by Crippen LogP contribution is 2.34. The van der Waals surface area contributed by atoms with Crippen molar-refractivity contribution in [2.24, 2.45) is 11.8 Å². The molecule has 0 radical (unpaired) electrons. The van der Waals surface area contributed by atoms with E-state index in [-0.39, 0.29) is 22.9 Å². The molecular weight excluding hydrogens is 355 g/mol. The minimum Gasteiger partial charge on any atom is -0.355 e. The summed E-state index contributed by atoms with van der Waals surface area (Å²) >= 11 is 5.99. The van der Waals surface area contributed by atoms with Crippen molar-refractivity contribution in [1.82, 2.24) is 10.3 Å². The van der Waals surface area contributed by atoms with Crippen molar-refractivity contribution in [3.8, 4) is 0 Å². The second-order valence-corrected chi connectivity index (χ2v) is 7.24. The molecule has 1 aliphatic rings. The summed E-state index contributed by atoms with van der Waals surface area (Å²) in [5.74, 6) is 0.640. The second-order valence-electron chi connectivity index (χ2n) is 6.83. The fourth-order valence-electron chi connectivity index (χ4n) is 2.68. The molecule has 1 aromatic heterocycles. The maximum Gasteiger partial charge on any atom is 0.417 e. The summed E-state index contributed by atoms with van der Waals surface area (Å²) in [5.41, 5.74) is -0.863. The summed E-state index contributed by atoms with van der Waals surface area (Å²) in [6.45, 7) is 7.14. The number of carbonyl (C=O) groups excluding carboxylic acids is 1. The van der Waals surface area contributed by atoms with Crippen LogP contribution in [0.25, 0.3) is 0 Å². The Morgan fingerprint density at radius 1 is 1.32 bits per heavy atom. The van der Waals surface area contributed by atoms with Gasteiger partial charge in [0.2, 0.25) is 5.91 Å². The average Bonchev–Trinajstić information content (AvgIpc) is 2.54. The van der Waals surface area contributed by atoms with Crippen LogP contribution in [0, 0.1) is 11.8 Å². The zero-order chi connectivity index (χ0) is 18.8. The number of piperidine rings is 1.